The van der Waals surface area contributed by atoms with Crippen molar-refractivity contribution >= 4 is 38.7 Å². The Morgan fingerprint density at radius 3 is 3.09 bits per heavy atom. The highest BCUT2D eigenvalue weighted by Crippen LogP contribution is 2.39. The molecule has 0 spiro atoms. The maximum atomic E-state index is 4.52. The van der Waals surface area contributed by atoms with E-state index in [2.05, 4.69) is 32.6 Å². The number of thiophene rings is 1. The molecule has 0 fully saturated rings. The summed E-state index contributed by atoms with van der Waals surface area (Å²) < 4.78 is 0. The normalized spacial score (nSPS) is 17.4. The fraction of sp³-hybridized carbons (Fsp3) is 0.471. The van der Waals surface area contributed by atoms with E-state index in [0.717, 1.165) is 46.7 Å². The molecule has 0 amide bonds. The molecule has 120 valence electrons. The maximum Gasteiger partial charge on any atom is 0.138 e. The lowest BCUT2D eigenvalue weighted by atomic mass is 9.89. The minimum Gasteiger partial charge on any atom is -0.369 e. The summed E-state index contributed by atoms with van der Waals surface area (Å²) in [6.45, 7) is 5.25. The summed E-state index contributed by atoms with van der Waals surface area (Å²) in [5.74, 6) is 1.78. The Bertz CT molecular complexity index is 836. The summed E-state index contributed by atoms with van der Waals surface area (Å²) in [5.41, 5.74) is 2.64. The van der Waals surface area contributed by atoms with Gasteiger partial charge in [-0.3, -0.25) is 0 Å². The van der Waals surface area contributed by atoms with Gasteiger partial charge in [0, 0.05) is 23.2 Å². The minimum absolute atomic E-state index is 0.785. The third-order valence-electron chi connectivity index (χ3n) is 4.43. The van der Waals surface area contributed by atoms with Gasteiger partial charge in [-0.25, -0.2) is 15.0 Å². The van der Waals surface area contributed by atoms with Crippen molar-refractivity contribution in [3.05, 3.63) is 32.8 Å². The topological polar surface area (TPSA) is 50.7 Å². The van der Waals surface area contributed by atoms with Crippen molar-refractivity contribution in [3.8, 4) is 0 Å². The molecule has 3 heterocycles. The number of aromatic nitrogens is 3. The second kappa shape index (κ2) is 6.17. The highest BCUT2D eigenvalue weighted by molar-refractivity contribution is 7.19. The molecule has 6 heteroatoms. The molecule has 1 atom stereocenters. The zero-order valence-electron chi connectivity index (χ0n) is 13.4. The van der Waals surface area contributed by atoms with E-state index in [4.69, 9.17) is 0 Å². The molecule has 0 bridgehead atoms. The second-order valence-corrected chi connectivity index (χ2v) is 8.43. The maximum absolute atomic E-state index is 4.52. The first kappa shape index (κ1) is 15.0. The predicted molar refractivity (Wildman–Crippen MR) is 97.6 cm³/mol. The fourth-order valence-corrected chi connectivity index (χ4v) is 5.24. The Kier molecular flexibility index (Phi) is 4.03. The van der Waals surface area contributed by atoms with Crippen LogP contribution in [0.25, 0.3) is 10.2 Å². The Morgan fingerprint density at radius 2 is 2.26 bits per heavy atom. The SMILES string of the molecule is Cc1nc(CCNc2ncnc3sc4c(c23)CCC(C)C4)cs1. The van der Waals surface area contributed by atoms with Crippen LogP contribution in [0.5, 0.6) is 0 Å². The summed E-state index contributed by atoms with van der Waals surface area (Å²) in [6.07, 6.45) is 6.23. The van der Waals surface area contributed by atoms with Crippen LogP contribution in [-0.4, -0.2) is 21.5 Å². The van der Waals surface area contributed by atoms with Crippen LogP contribution in [0, 0.1) is 12.8 Å². The van der Waals surface area contributed by atoms with Gasteiger partial charge >= 0.3 is 0 Å². The molecule has 4 nitrogen and oxygen atoms in total. The summed E-state index contributed by atoms with van der Waals surface area (Å²) in [4.78, 5) is 16.2. The van der Waals surface area contributed by atoms with Crippen LogP contribution in [0.15, 0.2) is 11.7 Å². The molecule has 23 heavy (non-hydrogen) atoms. The van der Waals surface area contributed by atoms with Gasteiger partial charge in [0.2, 0.25) is 0 Å². The quantitative estimate of drug-likeness (QED) is 0.769. The van der Waals surface area contributed by atoms with Gasteiger partial charge in [-0.1, -0.05) is 6.92 Å². The van der Waals surface area contributed by atoms with E-state index in [0.29, 0.717) is 0 Å². The van der Waals surface area contributed by atoms with Gasteiger partial charge in [-0.15, -0.1) is 22.7 Å². The van der Waals surface area contributed by atoms with Crippen molar-refractivity contribution in [1.29, 1.82) is 0 Å². The molecule has 1 aliphatic carbocycles. The van der Waals surface area contributed by atoms with E-state index in [1.54, 1.807) is 17.7 Å². The zero-order valence-corrected chi connectivity index (χ0v) is 15.1. The lowest BCUT2D eigenvalue weighted by Crippen LogP contribution is -2.10. The third kappa shape index (κ3) is 2.97. The molecule has 0 radical (unpaired) electrons. The molecule has 3 aromatic rings. The summed E-state index contributed by atoms with van der Waals surface area (Å²) >= 11 is 3.56. The van der Waals surface area contributed by atoms with Crippen LogP contribution < -0.4 is 5.32 Å². The first-order chi connectivity index (χ1) is 11.2. The van der Waals surface area contributed by atoms with Gasteiger partial charge in [0.25, 0.3) is 0 Å². The second-order valence-electron chi connectivity index (χ2n) is 6.29. The minimum atomic E-state index is 0.785. The first-order valence-corrected chi connectivity index (χ1v) is 9.80. The van der Waals surface area contributed by atoms with Gasteiger partial charge in [-0.2, -0.15) is 0 Å². The molecule has 0 saturated heterocycles. The van der Waals surface area contributed by atoms with E-state index in [1.807, 2.05) is 18.3 Å². The highest BCUT2D eigenvalue weighted by Gasteiger charge is 2.22. The molecule has 1 unspecified atom stereocenters. The molecule has 1 N–H and O–H groups in total. The van der Waals surface area contributed by atoms with E-state index in [1.165, 1.54) is 28.7 Å². The van der Waals surface area contributed by atoms with Crippen molar-refractivity contribution in [1.82, 2.24) is 15.0 Å². The van der Waals surface area contributed by atoms with Gasteiger partial charge in [0.05, 0.1) is 16.1 Å². The van der Waals surface area contributed by atoms with Crippen molar-refractivity contribution in [3.63, 3.8) is 0 Å². The van der Waals surface area contributed by atoms with Gasteiger partial charge in [0.15, 0.2) is 0 Å². The zero-order chi connectivity index (χ0) is 15.8. The molecule has 1 aliphatic rings. The van der Waals surface area contributed by atoms with E-state index in [9.17, 15) is 0 Å². The number of hydrogen-bond acceptors (Lipinski definition) is 6. The van der Waals surface area contributed by atoms with E-state index in [-0.39, 0.29) is 0 Å². The van der Waals surface area contributed by atoms with Crippen LogP contribution >= 0.6 is 22.7 Å². The number of anilines is 1. The van der Waals surface area contributed by atoms with Crippen LogP contribution in [0.4, 0.5) is 5.82 Å². The van der Waals surface area contributed by atoms with Crippen molar-refractivity contribution in [2.45, 2.75) is 39.5 Å². The lowest BCUT2D eigenvalue weighted by molar-refractivity contribution is 0.509. The summed E-state index contributed by atoms with van der Waals surface area (Å²) in [7, 11) is 0. The lowest BCUT2D eigenvalue weighted by Gasteiger charge is -2.18. The molecule has 4 rings (SSSR count). The molecule has 0 aliphatic heterocycles. The number of hydrogen-bond donors (Lipinski definition) is 1. The van der Waals surface area contributed by atoms with Crippen LogP contribution in [0.3, 0.4) is 0 Å². The largest absolute Gasteiger partial charge is 0.369 e. The number of nitrogens with one attached hydrogen (secondary N) is 1. The molecular weight excluding hydrogens is 324 g/mol. The smallest absolute Gasteiger partial charge is 0.138 e. The highest BCUT2D eigenvalue weighted by atomic mass is 32.1. The Balaban J connectivity index is 1.57. The van der Waals surface area contributed by atoms with Crippen LogP contribution in [-0.2, 0) is 19.3 Å². The van der Waals surface area contributed by atoms with Gasteiger partial charge in [0.1, 0.15) is 17.0 Å². The monoisotopic (exact) mass is 344 g/mol. The van der Waals surface area contributed by atoms with Crippen molar-refractivity contribution < 1.29 is 0 Å². The molecular formula is C17H20N4S2. The number of nitrogens with zero attached hydrogens (tertiary/aromatic N) is 3. The van der Waals surface area contributed by atoms with Crippen LogP contribution in [0.1, 0.15) is 34.5 Å². The average Bonchev–Trinajstić information content (AvgIpc) is 3.10. The van der Waals surface area contributed by atoms with Gasteiger partial charge in [-0.05, 0) is 37.7 Å². The Morgan fingerprint density at radius 1 is 1.35 bits per heavy atom. The van der Waals surface area contributed by atoms with E-state index < -0.39 is 0 Å². The first-order valence-electron chi connectivity index (χ1n) is 8.11. The van der Waals surface area contributed by atoms with Gasteiger partial charge < -0.3 is 5.32 Å². The Hall–Kier alpha value is -1.53. The van der Waals surface area contributed by atoms with Crippen molar-refractivity contribution in [2.24, 2.45) is 5.92 Å². The van der Waals surface area contributed by atoms with Crippen molar-refractivity contribution in [2.75, 3.05) is 11.9 Å². The third-order valence-corrected chi connectivity index (χ3v) is 6.42. The average molecular weight is 345 g/mol. The summed E-state index contributed by atoms with van der Waals surface area (Å²) in [6, 6.07) is 0. The number of thiazole rings is 1. The number of aryl methyl sites for hydroxylation is 2. The number of rotatable bonds is 4. The number of fused-ring (bicyclic) bond motifs is 3. The summed E-state index contributed by atoms with van der Waals surface area (Å²) in [5, 5.41) is 8.04. The van der Waals surface area contributed by atoms with E-state index >= 15 is 0 Å². The predicted octanol–water partition coefficient (Wildman–Crippen LogP) is 4.24. The standard InChI is InChI=1S/C17H20N4S2/c1-10-3-4-13-14(7-10)23-17-15(13)16(19-9-20-17)18-6-5-12-8-22-11(2)21-12/h8-10H,3-7H2,1-2H3,(H,18,19,20). The molecule has 0 aromatic carbocycles. The fourth-order valence-electron chi connectivity index (χ4n) is 3.24. The molecule has 0 saturated carbocycles. The van der Waals surface area contributed by atoms with Crippen LogP contribution in [0.2, 0.25) is 0 Å². The Labute approximate surface area is 144 Å². The molecule has 3 aromatic heterocycles.